The highest BCUT2D eigenvalue weighted by Crippen LogP contribution is 2.29. The van der Waals surface area contributed by atoms with Crippen molar-refractivity contribution in [2.24, 2.45) is 0 Å². The predicted molar refractivity (Wildman–Crippen MR) is 93.9 cm³/mol. The van der Waals surface area contributed by atoms with Gasteiger partial charge in [-0.3, -0.25) is 4.79 Å². The van der Waals surface area contributed by atoms with Crippen LogP contribution in [-0.4, -0.2) is 15.8 Å². The van der Waals surface area contributed by atoms with Crippen LogP contribution in [0.3, 0.4) is 0 Å². The van der Waals surface area contributed by atoms with Gasteiger partial charge in [-0.15, -0.1) is 0 Å². The van der Waals surface area contributed by atoms with Gasteiger partial charge in [0.2, 0.25) is 0 Å². The van der Waals surface area contributed by atoms with Crippen LogP contribution in [0.5, 0.6) is 0 Å². The summed E-state index contributed by atoms with van der Waals surface area (Å²) in [5.74, 6) is -0.790. The van der Waals surface area contributed by atoms with E-state index in [4.69, 9.17) is 12.6 Å². The molecule has 0 fully saturated rings. The first kappa shape index (κ1) is 20.8. The molecule has 0 heterocycles. The molecule has 0 rings (SSSR count). The summed E-state index contributed by atoms with van der Waals surface area (Å²) in [6, 6.07) is 0. The van der Waals surface area contributed by atoms with Crippen molar-refractivity contribution in [1.29, 1.82) is 0 Å². The molecule has 3 heteroatoms. The van der Waals surface area contributed by atoms with Gasteiger partial charge >= 0.3 is 5.97 Å². The van der Waals surface area contributed by atoms with Crippen LogP contribution in [0.4, 0.5) is 0 Å². The second-order valence-electron chi connectivity index (χ2n) is 6.33. The molecule has 125 valence electrons. The van der Waals surface area contributed by atoms with Gasteiger partial charge < -0.3 is 5.11 Å². The molecule has 0 spiro atoms. The van der Waals surface area contributed by atoms with Gasteiger partial charge in [-0.05, 0) is 12.8 Å². The normalized spacial score (nSPS) is 14.0. The van der Waals surface area contributed by atoms with Gasteiger partial charge in [-0.1, -0.05) is 104 Å². The Morgan fingerprint density at radius 2 is 1.14 bits per heavy atom. The van der Waals surface area contributed by atoms with Crippen LogP contribution >= 0.6 is 12.6 Å². The molecule has 0 bridgehead atoms. The smallest absolute Gasteiger partial charge is 0.320 e. The zero-order valence-electron chi connectivity index (χ0n) is 14.2. The van der Waals surface area contributed by atoms with Gasteiger partial charge in [0.15, 0.2) is 0 Å². The summed E-state index contributed by atoms with van der Waals surface area (Å²) in [4.78, 5) is 11.3. The van der Waals surface area contributed by atoms with Gasteiger partial charge in [0.05, 0.1) is 0 Å². The molecule has 2 nitrogen and oxygen atoms in total. The van der Waals surface area contributed by atoms with E-state index >= 15 is 0 Å². The van der Waals surface area contributed by atoms with Crippen LogP contribution in [0.25, 0.3) is 0 Å². The summed E-state index contributed by atoms with van der Waals surface area (Å²) in [6.45, 7) is 4.33. The largest absolute Gasteiger partial charge is 0.480 e. The van der Waals surface area contributed by atoms with E-state index in [0.29, 0.717) is 12.8 Å². The quantitative estimate of drug-likeness (QED) is 0.350. The maximum absolute atomic E-state index is 11.3. The summed E-state index contributed by atoms with van der Waals surface area (Å²) in [5.41, 5.74) is 0. The van der Waals surface area contributed by atoms with Crippen molar-refractivity contribution in [3.8, 4) is 0 Å². The highest BCUT2D eigenvalue weighted by atomic mass is 32.1. The summed E-state index contributed by atoms with van der Waals surface area (Å²) < 4.78 is -0.907. The fourth-order valence-electron chi connectivity index (χ4n) is 2.70. The van der Waals surface area contributed by atoms with Crippen molar-refractivity contribution in [3.05, 3.63) is 0 Å². The zero-order chi connectivity index (χ0) is 16.0. The molecule has 0 aromatic heterocycles. The molecule has 0 aromatic rings. The Bertz CT molecular complexity index is 256. The molecule has 0 aromatic carbocycles. The predicted octanol–water partition coefficient (Wildman–Crippen LogP) is 6.51. The monoisotopic (exact) mass is 315 g/mol. The van der Waals surface area contributed by atoms with Gasteiger partial charge in [-0.2, -0.15) is 0 Å². The Morgan fingerprint density at radius 1 is 0.762 bits per heavy atom. The summed E-state index contributed by atoms with van der Waals surface area (Å²) in [6.07, 6.45) is 16.0. The van der Waals surface area contributed by atoms with Gasteiger partial charge in [0.1, 0.15) is 4.75 Å². The summed E-state index contributed by atoms with van der Waals surface area (Å²) >= 11 is 5.35. The van der Waals surface area contributed by atoms with E-state index in [1.165, 1.54) is 51.4 Å². The zero-order valence-corrected chi connectivity index (χ0v) is 15.0. The highest BCUT2D eigenvalue weighted by molar-refractivity contribution is 7.82. The molecule has 1 radical (unpaired) electrons. The van der Waals surface area contributed by atoms with Crippen LogP contribution in [0.2, 0.25) is 0 Å². The fourth-order valence-corrected chi connectivity index (χ4v) is 2.99. The first-order chi connectivity index (χ1) is 10.1. The van der Waals surface area contributed by atoms with Crippen molar-refractivity contribution < 1.29 is 9.90 Å². The first-order valence-electron chi connectivity index (χ1n) is 9.00. The van der Waals surface area contributed by atoms with Gasteiger partial charge in [0, 0.05) is 0 Å². The van der Waals surface area contributed by atoms with Crippen LogP contribution in [0, 0.1) is 0 Å². The number of unbranched alkanes of at least 4 members (excludes halogenated alkanes) is 10. The van der Waals surface area contributed by atoms with Crippen LogP contribution < -0.4 is 0 Å². The minimum absolute atomic E-state index is 0.644. The third-order valence-corrected chi connectivity index (χ3v) is 4.84. The van der Waals surface area contributed by atoms with Crippen LogP contribution in [0.1, 0.15) is 104 Å². The van der Waals surface area contributed by atoms with Crippen molar-refractivity contribution in [2.45, 2.75) is 108 Å². The molecule has 0 amide bonds. The number of hydrogen-bond donors (Lipinski definition) is 1. The number of aliphatic carboxylic acids is 1. The molecule has 0 aliphatic heterocycles. The Kier molecular flexibility index (Phi) is 13.4. The van der Waals surface area contributed by atoms with Crippen molar-refractivity contribution in [2.75, 3.05) is 0 Å². The molecule has 1 N–H and O–H groups in total. The number of carboxylic acids is 1. The van der Waals surface area contributed by atoms with Crippen LogP contribution in [-0.2, 0) is 4.79 Å². The molecular weight excluding hydrogens is 280 g/mol. The average Bonchev–Trinajstić information content (AvgIpc) is 2.47. The second-order valence-corrected chi connectivity index (χ2v) is 7.12. The Balaban J connectivity index is 3.56. The van der Waals surface area contributed by atoms with E-state index < -0.39 is 10.7 Å². The minimum atomic E-state index is -0.907. The SMILES string of the molecule is CCCCCCCCCCCCC([S])(CCCC)C(=O)O. The topological polar surface area (TPSA) is 37.3 Å². The van der Waals surface area contributed by atoms with E-state index in [2.05, 4.69) is 13.8 Å². The lowest BCUT2D eigenvalue weighted by Gasteiger charge is -2.22. The molecule has 1 atom stereocenters. The Hall–Kier alpha value is -0.180. The number of carbonyl (C=O) groups is 1. The third-order valence-electron chi connectivity index (χ3n) is 4.26. The van der Waals surface area contributed by atoms with Crippen molar-refractivity contribution >= 4 is 18.6 Å². The number of hydrogen-bond acceptors (Lipinski definition) is 1. The van der Waals surface area contributed by atoms with Gasteiger partial charge in [-0.25, -0.2) is 0 Å². The lowest BCUT2D eigenvalue weighted by molar-refractivity contribution is -0.140. The van der Waals surface area contributed by atoms with E-state index in [9.17, 15) is 9.90 Å². The molecule has 21 heavy (non-hydrogen) atoms. The standard InChI is InChI=1S/C18H35O2S/c1-3-5-7-8-9-10-11-12-13-14-16-18(21,17(19)20)15-6-4-2/h3-16H2,1-2H3,(H,19,20). The lowest BCUT2D eigenvalue weighted by atomic mass is 9.94. The Morgan fingerprint density at radius 3 is 1.57 bits per heavy atom. The molecule has 1 unspecified atom stereocenters. The van der Waals surface area contributed by atoms with E-state index in [1.54, 1.807) is 0 Å². The van der Waals surface area contributed by atoms with Crippen LogP contribution in [0.15, 0.2) is 0 Å². The second kappa shape index (κ2) is 13.5. The van der Waals surface area contributed by atoms with E-state index in [-0.39, 0.29) is 0 Å². The third kappa shape index (κ3) is 11.1. The molecule has 0 saturated heterocycles. The maximum Gasteiger partial charge on any atom is 0.320 e. The highest BCUT2D eigenvalue weighted by Gasteiger charge is 2.33. The van der Waals surface area contributed by atoms with E-state index in [0.717, 1.165) is 25.7 Å². The molecular formula is C18H35O2S. The van der Waals surface area contributed by atoms with Gasteiger partial charge in [0.25, 0.3) is 0 Å². The van der Waals surface area contributed by atoms with Crippen molar-refractivity contribution in [3.63, 3.8) is 0 Å². The maximum atomic E-state index is 11.3. The molecule has 0 aliphatic carbocycles. The Labute approximate surface area is 137 Å². The number of carboxylic acid groups (broad SMARTS) is 1. The molecule has 0 aliphatic rings. The minimum Gasteiger partial charge on any atom is -0.480 e. The van der Waals surface area contributed by atoms with Crippen molar-refractivity contribution in [1.82, 2.24) is 0 Å². The average molecular weight is 316 g/mol. The first-order valence-corrected chi connectivity index (χ1v) is 9.41. The molecule has 0 saturated carbocycles. The summed E-state index contributed by atoms with van der Waals surface area (Å²) in [7, 11) is 0. The van der Waals surface area contributed by atoms with E-state index in [1.807, 2.05) is 0 Å². The lowest BCUT2D eigenvalue weighted by Crippen LogP contribution is -2.32. The fraction of sp³-hybridized carbons (Fsp3) is 0.944. The summed E-state index contributed by atoms with van der Waals surface area (Å²) in [5, 5.41) is 9.30. The number of rotatable bonds is 15.